The van der Waals surface area contributed by atoms with Crippen LogP contribution in [-0.4, -0.2) is 11.9 Å². The van der Waals surface area contributed by atoms with Crippen molar-refractivity contribution in [2.75, 3.05) is 0 Å². The number of amides is 1. The Morgan fingerprint density at radius 1 is 1.57 bits per heavy atom. The average Bonchev–Trinajstić information content (AvgIpc) is 2.07. The minimum atomic E-state index is 0.0464. The number of allylic oxidation sites excluding steroid dienone is 2. The van der Waals surface area contributed by atoms with Crippen LogP contribution >= 0.6 is 0 Å². The van der Waals surface area contributed by atoms with E-state index in [1.165, 1.54) is 11.1 Å². The third-order valence-corrected chi connectivity index (χ3v) is 2.87. The van der Waals surface area contributed by atoms with Gasteiger partial charge in [-0.25, -0.2) is 0 Å². The van der Waals surface area contributed by atoms with Gasteiger partial charge in [-0.2, -0.15) is 0 Å². The molecule has 0 saturated carbocycles. The van der Waals surface area contributed by atoms with Gasteiger partial charge in [-0.3, -0.25) is 4.79 Å². The summed E-state index contributed by atoms with van der Waals surface area (Å²) in [5.74, 6) is 0.570. The lowest BCUT2D eigenvalue weighted by Crippen LogP contribution is -2.37. The molecular formula is C12H19NO. The van der Waals surface area contributed by atoms with E-state index in [0.29, 0.717) is 5.92 Å². The van der Waals surface area contributed by atoms with E-state index >= 15 is 0 Å². The molecule has 1 N–H and O–H groups in total. The molecule has 0 bridgehead atoms. The van der Waals surface area contributed by atoms with E-state index in [0.717, 1.165) is 12.8 Å². The van der Waals surface area contributed by atoms with E-state index in [1.54, 1.807) is 6.92 Å². The third-order valence-electron chi connectivity index (χ3n) is 2.87. The lowest BCUT2D eigenvalue weighted by molar-refractivity contribution is -0.119. The first-order valence-electron chi connectivity index (χ1n) is 5.10. The van der Waals surface area contributed by atoms with Gasteiger partial charge in [0.1, 0.15) is 0 Å². The summed E-state index contributed by atoms with van der Waals surface area (Å²) in [7, 11) is 0. The zero-order chi connectivity index (χ0) is 10.7. The molecule has 1 amide bonds. The summed E-state index contributed by atoms with van der Waals surface area (Å²) in [6.07, 6.45) is 4.28. The predicted octanol–water partition coefficient (Wildman–Crippen LogP) is 2.42. The fourth-order valence-corrected chi connectivity index (χ4v) is 1.86. The lowest BCUT2D eigenvalue weighted by Gasteiger charge is -2.29. The van der Waals surface area contributed by atoms with Gasteiger partial charge in [0.2, 0.25) is 5.91 Å². The topological polar surface area (TPSA) is 29.1 Å². The van der Waals surface area contributed by atoms with Crippen molar-refractivity contribution in [3.63, 3.8) is 0 Å². The maximum absolute atomic E-state index is 11.0. The van der Waals surface area contributed by atoms with E-state index < -0.39 is 0 Å². The molecule has 0 spiro atoms. The Bertz CT molecular complexity index is 278. The van der Waals surface area contributed by atoms with Crippen LogP contribution in [0.3, 0.4) is 0 Å². The highest BCUT2D eigenvalue weighted by molar-refractivity contribution is 5.73. The Morgan fingerprint density at radius 3 is 2.71 bits per heavy atom. The van der Waals surface area contributed by atoms with Gasteiger partial charge in [0.25, 0.3) is 0 Å². The van der Waals surface area contributed by atoms with Gasteiger partial charge in [0.05, 0.1) is 6.04 Å². The largest absolute Gasteiger partial charge is 0.350 e. The molecule has 0 aromatic carbocycles. The summed E-state index contributed by atoms with van der Waals surface area (Å²) in [6, 6.07) is 0.211. The summed E-state index contributed by atoms with van der Waals surface area (Å²) in [5.41, 5.74) is 2.49. The fraction of sp³-hybridized carbons (Fsp3) is 0.583. The van der Waals surface area contributed by atoms with Crippen molar-refractivity contribution < 1.29 is 4.79 Å². The lowest BCUT2D eigenvalue weighted by atomic mass is 9.83. The molecule has 0 radical (unpaired) electrons. The van der Waals surface area contributed by atoms with Crippen molar-refractivity contribution in [1.82, 2.24) is 5.32 Å². The molecule has 1 aliphatic carbocycles. The van der Waals surface area contributed by atoms with Gasteiger partial charge >= 0.3 is 0 Å². The molecule has 2 nitrogen and oxygen atoms in total. The van der Waals surface area contributed by atoms with Gasteiger partial charge in [0, 0.05) is 6.92 Å². The van der Waals surface area contributed by atoms with E-state index in [-0.39, 0.29) is 11.9 Å². The molecule has 0 aromatic heterocycles. The van der Waals surface area contributed by atoms with Gasteiger partial charge in [0.15, 0.2) is 0 Å². The van der Waals surface area contributed by atoms with Crippen molar-refractivity contribution in [3.05, 3.63) is 23.8 Å². The fourth-order valence-electron chi connectivity index (χ4n) is 1.86. The highest BCUT2D eigenvalue weighted by Gasteiger charge is 2.22. The van der Waals surface area contributed by atoms with E-state index in [9.17, 15) is 4.79 Å². The van der Waals surface area contributed by atoms with Gasteiger partial charge in [-0.15, -0.1) is 0 Å². The quantitative estimate of drug-likeness (QED) is 0.670. The maximum Gasteiger partial charge on any atom is 0.217 e. The molecule has 1 unspecified atom stereocenters. The Kier molecular flexibility index (Phi) is 3.50. The molecule has 2 atom stereocenters. The molecular weight excluding hydrogens is 174 g/mol. The Balaban J connectivity index is 2.66. The highest BCUT2D eigenvalue weighted by atomic mass is 16.1. The maximum atomic E-state index is 11.0. The molecule has 0 fully saturated rings. The molecule has 0 aromatic rings. The van der Waals surface area contributed by atoms with E-state index in [2.05, 4.69) is 31.8 Å². The number of carbonyl (C=O) groups is 1. The molecule has 78 valence electrons. The van der Waals surface area contributed by atoms with Crippen LogP contribution in [0, 0.1) is 5.92 Å². The van der Waals surface area contributed by atoms with Crippen LogP contribution in [-0.2, 0) is 4.79 Å². The number of hydrogen-bond donors (Lipinski definition) is 1. The first-order chi connectivity index (χ1) is 6.50. The summed E-state index contributed by atoms with van der Waals surface area (Å²) in [6.45, 7) is 9.68. The number of carbonyl (C=O) groups excluding carboxylic acids is 1. The zero-order valence-corrected chi connectivity index (χ0v) is 9.26. The monoisotopic (exact) mass is 193 g/mol. The molecule has 0 saturated heterocycles. The molecule has 1 rings (SSSR count). The third kappa shape index (κ3) is 2.72. The van der Waals surface area contributed by atoms with Crippen molar-refractivity contribution in [2.24, 2.45) is 5.92 Å². The molecule has 0 heterocycles. The van der Waals surface area contributed by atoms with E-state index in [1.807, 2.05) is 0 Å². The van der Waals surface area contributed by atoms with Crippen LogP contribution in [0.4, 0.5) is 0 Å². The predicted molar refractivity (Wildman–Crippen MR) is 58.9 cm³/mol. The summed E-state index contributed by atoms with van der Waals surface area (Å²) >= 11 is 0. The van der Waals surface area contributed by atoms with Crippen LogP contribution in [0.2, 0.25) is 0 Å². The zero-order valence-electron chi connectivity index (χ0n) is 9.26. The molecule has 14 heavy (non-hydrogen) atoms. The number of hydrogen-bond acceptors (Lipinski definition) is 1. The molecule has 0 aliphatic heterocycles. The van der Waals surface area contributed by atoms with Crippen molar-refractivity contribution in [3.8, 4) is 0 Å². The van der Waals surface area contributed by atoms with Gasteiger partial charge in [-0.1, -0.05) is 23.8 Å². The Morgan fingerprint density at radius 2 is 2.21 bits per heavy atom. The minimum absolute atomic E-state index is 0.0464. The van der Waals surface area contributed by atoms with Crippen molar-refractivity contribution in [2.45, 2.75) is 39.7 Å². The summed E-state index contributed by atoms with van der Waals surface area (Å²) in [4.78, 5) is 11.0. The van der Waals surface area contributed by atoms with E-state index in [4.69, 9.17) is 0 Å². The SMILES string of the molecule is C=C(C)[C@@H]1CC=C(C)C(NC(C)=O)C1. The minimum Gasteiger partial charge on any atom is -0.350 e. The van der Waals surface area contributed by atoms with Gasteiger partial charge in [-0.05, 0) is 32.6 Å². The second kappa shape index (κ2) is 4.45. The Hall–Kier alpha value is -1.05. The second-order valence-corrected chi connectivity index (χ2v) is 4.22. The van der Waals surface area contributed by atoms with Crippen LogP contribution < -0.4 is 5.32 Å². The van der Waals surface area contributed by atoms with Crippen LogP contribution in [0.1, 0.15) is 33.6 Å². The summed E-state index contributed by atoms with van der Waals surface area (Å²) < 4.78 is 0. The molecule has 2 heteroatoms. The Labute approximate surface area is 86.1 Å². The second-order valence-electron chi connectivity index (χ2n) is 4.22. The van der Waals surface area contributed by atoms with Crippen molar-refractivity contribution >= 4 is 5.91 Å². The first-order valence-corrected chi connectivity index (χ1v) is 5.10. The normalized spacial score (nSPS) is 26.6. The van der Waals surface area contributed by atoms with Crippen LogP contribution in [0.5, 0.6) is 0 Å². The highest BCUT2D eigenvalue weighted by Crippen LogP contribution is 2.28. The van der Waals surface area contributed by atoms with Crippen LogP contribution in [0.15, 0.2) is 23.8 Å². The van der Waals surface area contributed by atoms with Crippen LogP contribution in [0.25, 0.3) is 0 Å². The summed E-state index contributed by atoms with van der Waals surface area (Å²) in [5, 5.41) is 2.97. The van der Waals surface area contributed by atoms with Crippen molar-refractivity contribution in [1.29, 1.82) is 0 Å². The van der Waals surface area contributed by atoms with Gasteiger partial charge < -0.3 is 5.32 Å². The number of rotatable bonds is 2. The smallest absolute Gasteiger partial charge is 0.217 e. The standard InChI is InChI=1S/C12H19NO/c1-8(2)11-6-5-9(3)12(7-11)13-10(4)14/h5,11-12H,1,6-7H2,2-4H3,(H,13,14)/t11-,12?/m1/s1. The molecule has 1 aliphatic rings. The average molecular weight is 193 g/mol. The first kappa shape index (κ1) is 11.0. The number of nitrogens with one attached hydrogen (secondary N) is 1.